The van der Waals surface area contributed by atoms with Crippen molar-refractivity contribution < 1.29 is 4.74 Å². The van der Waals surface area contributed by atoms with Gasteiger partial charge in [0.05, 0.1) is 6.61 Å². The molecule has 0 saturated heterocycles. The van der Waals surface area contributed by atoms with Crippen LogP contribution in [0.2, 0.25) is 0 Å². The summed E-state index contributed by atoms with van der Waals surface area (Å²) in [6.07, 6.45) is 7.79. The Bertz CT molecular complexity index is 1090. The van der Waals surface area contributed by atoms with Crippen LogP contribution in [0.4, 0.5) is 0 Å². The first-order chi connectivity index (χ1) is 14.8. The zero-order chi connectivity index (χ0) is 20.6. The first-order valence-electron chi connectivity index (χ1n) is 9.78. The van der Waals surface area contributed by atoms with Gasteiger partial charge in [-0.1, -0.05) is 54.2 Å². The van der Waals surface area contributed by atoms with Crippen LogP contribution < -0.4 is 4.74 Å². The molecule has 0 atom stereocenters. The fraction of sp³-hybridized carbons (Fsp3) is 0.125. The molecular weight excluding hydrogens is 392 g/mol. The number of benzene rings is 2. The summed E-state index contributed by atoms with van der Waals surface area (Å²) in [5, 5.41) is 9.77. The van der Waals surface area contributed by atoms with Crippen molar-refractivity contribution in [2.45, 2.75) is 12.1 Å². The van der Waals surface area contributed by atoms with Crippen molar-refractivity contribution in [3.8, 4) is 22.8 Å². The van der Waals surface area contributed by atoms with Gasteiger partial charge in [-0.25, -0.2) is 0 Å². The highest BCUT2D eigenvalue weighted by Gasteiger charge is 2.16. The third-order valence-corrected chi connectivity index (χ3v) is 5.28. The first-order valence-corrected chi connectivity index (χ1v) is 10.8. The molecule has 30 heavy (non-hydrogen) atoms. The maximum atomic E-state index is 5.58. The van der Waals surface area contributed by atoms with Crippen molar-refractivity contribution in [1.82, 2.24) is 19.7 Å². The predicted octanol–water partition coefficient (Wildman–Crippen LogP) is 5.53. The molecule has 0 amide bonds. The van der Waals surface area contributed by atoms with Gasteiger partial charge in [0, 0.05) is 29.4 Å². The van der Waals surface area contributed by atoms with Crippen LogP contribution in [0.25, 0.3) is 23.2 Å². The molecule has 0 aliphatic carbocycles. The summed E-state index contributed by atoms with van der Waals surface area (Å²) in [6.45, 7) is 2.62. The number of pyridine rings is 1. The number of aromatic nitrogens is 4. The molecule has 150 valence electrons. The van der Waals surface area contributed by atoms with Gasteiger partial charge in [0.2, 0.25) is 0 Å². The van der Waals surface area contributed by atoms with Gasteiger partial charge >= 0.3 is 0 Å². The standard InChI is InChI=1S/C24H22N4OS/c1-2-29-22-12-10-21(11-13-22)28-23(20-14-16-25-17-15-20)26-27-24(28)30-18-6-9-19-7-4-3-5-8-19/h3-17H,2,18H2,1H3. The molecule has 2 heterocycles. The van der Waals surface area contributed by atoms with Crippen molar-refractivity contribution in [3.63, 3.8) is 0 Å². The molecule has 6 heteroatoms. The van der Waals surface area contributed by atoms with Crippen molar-refractivity contribution in [3.05, 3.63) is 90.8 Å². The average molecular weight is 415 g/mol. The Morgan fingerprint density at radius 3 is 2.43 bits per heavy atom. The van der Waals surface area contributed by atoms with Crippen LogP contribution in [0.1, 0.15) is 12.5 Å². The van der Waals surface area contributed by atoms with E-state index in [4.69, 9.17) is 4.74 Å². The van der Waals surface area contributed by atoms with E-state index in [2.05, 4.69) is 44.0 Å². The largest absolute Gasteiger partial charge is 0.494 e. The van der Waals surface area contributed by atoms with E-state index in [9.17, 15) is 0 Å². The van der Waals surface area contributed by atoms with Crippen LogP contribution >= 0.6 is 11.8 Å². The normalized spacial score (nSPS) is 11.1. The monoisotopic (exact) mass is 414 g/mol. The van der Waals surface area contributed by atoms with Gasteiger partial charge in [0.25, 0.3) is 0 Å². The quantitative estimate of drug-likeness (QED) is 0.355. The first kappa shape index (κ1) is 19.9. The van der Waals surface area contributed by atoms with Gasteiger partial charge < -0.3 is 4.74 Å². The summed E-state index contributed by atoms with van der Waals surface area (Å²) < 4.78 is 7.66. The lowest BCUT2D eigenvalue weighted by Gasteiger charge is -2.11. The lowest BCUT2D eigenvalue weighted by atomic mass is 10.2. The predicted molar refractivity (Wildman–Crippen MR) is 122 cm³/mol. The minimum atomic E-state index is 0.642. The summed E-state index contributed by atoms with van der Waals surface area (Å²) in [7, 11) is 0. The van der Waals surface area contributed by atoms with E-state index in [1.54, 1.807) is 24.2 Å². The zero-order valence-corrected chi connectivity index (χ0v) is 17.5. The molecule has 4 aromatic rings. The summed E-state index contributed by atoms with van der Waals surface area (Å²) in [5.41, 5.74) is 3.14. The Morgan fingerprint density at radius 1 is 0.933 bits per heavy atom. The number of ether oxygens (including phenoxy) is 1. The Labute approximate surface area is 180 Å². The second-order valence-corrected chi connectivity index (χ2v) is 7.42. The van der Waals surface area contributed by atoms with Crippen molar-refractivity contribution in [2.75, 3.05) is 12.4 Å². The minimum absolute atomic E-state index is 0.642. The summed E-state index contributed by atoms with van der Waals surface area (Å²) in [6, 6.07) is 22.2. The summed E-state index contributed by atoms with van der Waals surface area (Å²) in [4.78, 5) is 4.11. The zero-order valence-electron chi connectivity index (χ0n) is 16.7. The topological polar surface area (TPSA) is 52.8 Å². The molecule has 5 nitrogen and oxygen atoms in total. The molecule has 0 aliphatic heterocycles. The molecule has 2 aromatic heterocycles. The van der Waals surface area contributed by atoms with Gasteiger partial charge in [0.1, 0.15) is 5.75 Å². The lowest BCUT2D eigenvalue weighted by molar-refractivity contribution is 0.340. The summed E-state index contributed by atoms with van der Waals surface area (Å²) in [5.74, 6) is 2.43. The number of thioether (sulfide) groups is 1. The second kappa shape index (κ2) is 9.89. The molecular formula is C24H22N4OS. The third kappa shape index (κ3) is 4.78. The van der Waals surface area contributed by atoms with Gasteiger partial charge in [-0.15, -0.1) is 10.2 Å². The summed E-state index contributed by atoms with van der Waals surface area (Å²) >= 11 is 1.65. The molecule has 0 saturated carbocycles. The minimum Gasteiger partial charge on any atom is -0.494 e. The fourth-order valence-electron chi connectivity index (χ4n) is 3.01. The van der Waals surface area contributed by atoms with Crippen LogP contribution in [0.15, 0.2) is 90.4 Å². The van der Waals surface area contributed by atoms with Crippen LogP contribution in [0.3, 0.4) is 0 Å². The molecule has 0 bridgehead atoms. The fourth-order valence-corrected chi connectivity index (χ4v) is 3.77. The van der Waals surface area contributed by atoms with Crippen LogP contribution in [0.5, 0.6) is 5.75 Å². The molecule has 4 rings (SSSR count). The molecule has 0 radical (unpaired) electrons. The lowest BCUT2D eigenvalue weighted by Crippen LogP contribution is -2.00. The van der Waals surface area contributed by atoms with Gasteiger partial charge in [-0.3, -0.25) is 9.55 Å². The SMILES string of the molecule is CCOc1ccc(-n2c(SCC=Cc3ccccc3)nnc2-c2ccncc2)cc1. The van der Waals surface area contributed by atoms with E-state index in [-0.39, 0.29) is 0 Å². The van der Waals surface area contributed by atoms with E-state index >= 15 is 0 Å². The average Bonchev–Trinajstić information content (AvgIpc) is 3.23. The van der Waals surface area contributed by atoms with Crippen LogP contribution in [-0.2, 0) is 0 Å². The van der Waals surface area contributed by atoms with Gasteiger partial charge in [0.15, 0.2) is 11.0 Å². The molecule has 0 N–H and O–H groups in total. The molecule has 0 unspecified atom stereocenters. The van der Waals surface area contributed by atoms with E-state index in [0.29, 0.717) is 6.61 Å². The van der Waals surface area contributed by atoms with Crippen LogP contribution in [0, 0.1) is 0 Å². The maximum Gasteiger partial charge on any atom is 0.196 e. The van der Waals surface area contributed by atoms with Crippen molar-refractivity contribution >= 4 is 17.8 Å². The molecule has 2 aromatic carbocycles. The number of nitrogens with zero attached hydrogens (tertiary/aromatic N) is 4. The van der Waals surface area contributed by atoms with Gasteiger partial charge in [-0.05, 0) is 48.9 Å². The van der Waals surface area contributed by atoms with Crippen LogP contribution in [-0.4, -0.2) is 32.1 Å². The van der Waals surface area contributed by atoms with E-state index in [1.165, 1.54) is 5.56 Å². The molecule has 0 fully saturated rings. The molecule has 0 spiro atoms. The highest BCUT2D eigenvalue weighted by molar-refractivity contribution is 7.99. The highest BCUT2D eigenvalue weighted by Crippen LogP contribution is 2.28. The Kier molecular flexibility index (Phi) is 6.57. The smallest absolute Gasteiger partial charge is 0.196 e. The van der Waals surface area contributed by atoms with E-state index in [1.807, 2.05) is 61.5 Å². The number of rotatable bonds is 8. The van der Waals surface area contributed by atoms with E-state index in [0.717, 1.165) is 33.7 Å². The van der Waals surface area contributed by atoms with E-state index < -0.39 is 0 Å². The number of hydrogen-bond donors (Lipinski definition) is 0. The maximum absolute atomic E-state index is 5.58. The van der Waals surface area contributed by atoms with Gasteiger partial charge in [-0.2, -0.15) is 0 Å². The highest BCUT2D eigenvalue weighted by atomic mass is 32.2. The number of hydrogen-bond acceptors (Lipinski definition) is 5. The Morgan fingerprint density at radius 2 is 1.70 bits per heavy atom. The van der Waals surface area contributed by atoms with Crippen molar-refractivity contribution in [1.29, 1.82) is 0 Å². The van der Waals surface area contributed by atoms with Crippen molar-refractivity contribution in [2.24, 2.45) is 0 Å². The third-order valence-electron chi connectivity index (χ3n) is 4.40. The second-order valence-electron chi connectivity index (χ2n) is 6.43. The Balaban J connectivity index is 1.61. The Hall–Kier alpha value is -3.38. The molecule has 0 aliphatic rings.